The Bertz CT molecular complexity index is 650. The number of carbonyl (C=O) groups is 2. The number of nitrogens with one attached hydrogen (secondary N) is 1. The zero-order chi connectivity index (χ0) is 16.2. The van der Waals surface area contributed by atoms with Crippen LogP contribution >= 0.6 is 0 Å². The fraction of sp³-hybridized carbons (Fsp3) is 0.333. The van der Waals surface area contributed by atoms with Crippen LogP contribution in [-0.2, 0) is 20.9 Å². The van der Waals surface area contributed by atoms with Crippen LogP contribution in [0.2, 0.25) is 0 Å². The molecule has 3 atom stereocenters. The molecule has 1 N–H and O–H groups in total. The lowest BCUT2D eigenvalue weighted by atomic mass is 10.2. The van der Waals surface area contributed by atoms with Crippen molar-refractivity contribution in [2.75, 3.05) is 7.11 Å². The first-order chi connectivity index (χ1) is 11.2. The summed E-state index contributed by atoms with van der Waals surface area (Å²) in [6.07, 6.45) is 5.82. The van der Waals surface area contributed by atoms with Crippen molar-refractivity contribution in [2.45, 2.75) is 13.0 Å². The third-order valence-electron chi connectivity index (χ3n) is 4.31. The second kappa shape index (κ2) is 6.69. The lowest BCUT2D eigenvalue weighted by Crippen LogP contribution is -2.24. The van der Waals surface area contributed by atoms with Crippen molar-refractivity contribution in [3.05, 3.63) is 59.8 Å². The van der Waals surface area contributed by atoms with Crippen molar-refractivity contribution >= 4 is 12.1 Å². The van der Waals surface area contributed by atoms with Gasteiger partial charge in [-0.2, -0.15) is 0 Å². The molecule has 1 aromatic rings. The molecule has 0 spiro atoms. The van der Waals surface area contributed by atoms with E-state index in [1.54, 1.807) is 0 Å². The van der Waals surface area contributed by atoms with Crippen LogP contribution in [-0.4, -0.2) is 19.2 Å². The summed E-state index contributed by atoms with van der Waals surface area (Å²) in [5.41, 5.74) is 1.85. The molecule has 1 saturated carbocycles. The number of fused-ring (bicyclic) bond motifs is 1. The summed E-state index contributed by atoms with van der Waals surface area (Å²) in [6.45, 7) is 0.250. The minimum atomic E-state index is -0.441. The average molecular weight is 313 g/mol. The maximum absolute atomic E-state index is 11.9. The minimum absolute atomic E-state index is 0.250. The van der Waals surface area contributed by atoms with Crippen molar-refractivity contribution < 1.29 is 19.1 Å². The molecule has 5 nitrogen and oxygen atoms in total. The maximum Gasteiger partial charge on any atom is 0.411 e. The van der Waals surface area contributed by atoms with Gasteiger partial charge in [-0.1, -0.05) is 42.5 Å². The lowest BCUT2D eigenvalue weighted by Gasteiger charge is -2.09. The monoisotopic (exact) mass is 313 g/mol. The number of amides is 1. The first-order valence-corrected chi connectivity index (χ1v) is 7.63. The summed E-state index contributed by atoms with van der Waals surface area (Å²) in [5, 5.41) is 2.82. The molecule has 23 heavy (non-hydrogen) atoms. The van der Waals surface area contributed by atoms with Gasteiger partial charge >= 0.3 is 12.1 Å². The number of hydrogen-bond donors (Lipinski definition) is 1. The summed E-state index contributed by atoms with van der Waals surface area (Å²) >= 11 is 0. The number of methoxy groups -OCH3 is 1. The van der Waals surface area contributed by atoms with Crippen molar-refractivity contribution in [1.29, 1.82) is 0 Å². The minimum Gasteiger partial charge on any atom is -0.466 e. The summed E-state index contributed by atoms with van der Waals surface area (Å²) in [6, 6.07) is 9.55. The van der Waals surface area contributed by atoms with Gasteiger partial charge in [0, 0.05) is 17.7 Å². The van der Waals surface area contributed by atoms with E-state index in [9.17, 15) is 9.59 Å². The SMILES string of the molecule is COC(=O)/C=C/C1C2CC=C(NC(=O)OCc3ccccc3)C12. The van der Waals surface area contributed by atoms with Gasteiger partial charge < -0.3 is 9.47 Å². The molecule has 1 fully saturated rings. The Labute approximate surface area is 135 Å². The molecule has 0 radical (unpaired) electrons. The predicted molar refractivity (Wildman–Crippen MR) is 84.1 cm³/mol. The Morgan fingerprint density at radius 2 is 2.09 bits per heavy atom. The Kier molecular flexibility index (Phi) is 4.46. The van der Waals surface area contributed by atoms with E-state index in [2.05, 4.69) is 10.1 Å². The molecule has 2 aliphatic rings. The molecule has 3 rings (SSSR count). The van der Waals surface area contributed by atoms with Gasteiger partial charge in [0.25, 0.3) is 0 Å². The normalized spacial score (nSPS) is 24.7. The molecule has 1 aromatic carbocycles. The van der Waals surface area contributed by atoms with Gasteiger partial charge in [0.1, 0.15) is 6.61 Å². The Hall–Kier alpha value is -2.56. The third kappa shape index (κ3) is 3.62. The van der Waals surface area contributed by atoms with Gasteiger partial charge in [0.15, 0.2) is 0 Å². The van der Waals surface area contributed by atoms with Crippen LogP contribution in [0.3, 0.4) is 0 Å². The van der Waals surface area contributed by atoms with E-state index < -0.39 is 6.09 Å². The second-order valence-electron chi connectivity index (χ2n) is 5.73. The second-order valence-corrected chi connectivity index (χ2v) is 5.73. The highest BCUT2D eigenvalue weighted by atomic mass is 16.5. The number of rotatable bonds is 5. The smallest absolute Gasteiger partial charge is 0.411 e. The molecule has 3 unspecified atom stereocenters. The van der Waals surface area contributed by atoms with Crippen molar-refractivity contribution in [1.82, 2.24) is 5.32 Å². The number of esters is 1. The van der Waals surface area contributed by atoms with Gasteiger partial charge in [-0.3, -0.25) is 5.32 Å². The molecule has 5 heteroatoms. The van der Waals surface area contributed by atoms with E-state index in [-0.39, 0.29) is 18.5 Å². The quantitative estimate of drug-likeness (QED) is 0.670. The third-order valence-corrected chi connectivity index (χ3v) is 4.31. The van der Waals surface area contributed by atoms with Crippen molar-refractivity contribution in [3.8, 4) is 0 Å². The van der Waals surface area contributed by atoms with Crippen molar-refractivity contribution in [2.24, 2.45) is 17.8 Å². The first-order valence-electron chi connectivity index (χ1n) is 7.63. The molecule has 1 amide bonds. The Morgan fingerprint density at radius 1 is 1.30 bits per heavy atom. The van der Waals surface area contributed by atoms with Gasteiger partial charge in [-0.15, -0.1) is 0 Å². The van der Waals surface area contributed by atoms with Gasteiger partial charge in [0.2, 0.25) is 0 Å². The average Bonchev–Trinajstić information content (AvgIpc) is 3.13. The van der Waals surface area contributed by atoms with E-state index in [1.165, 1.54) is 13.2 Å². The number of hydrogen-bond acceptors (Lipinski definition) is 4. The molecular formula is C18H19NO4. The van der Waals surface area contributed by atoms with Crippen LogP contribution in [0, 0.1) is 17.8 Å². The molecule has 0 heterocycles. The molecule has 0 saturated heterocycles. The van der Waals surface area contributed by atoms with Crippen LogP contribution in [0.4, 0.5) is 4.79 Å². The van der Waals surface area contributed by atoms with Crippen LogP contribution in [0.1, 0.15) is 12.0 Å². The zero-order valence-electron chi connectivity index (χ0n) is 12.9. The van der Waals surface area contributed by atoms with Crippen molar-refractivity contribution in [3.63, 3.8) is 0 Å². The van der Waals surface area contributed by atoms with E-state index in [1.807, 2.05) is 42.5 Å². The molecule has 2 aliphatic carbocycles. The number of alkyl carbamates (subject to hydrolysis) is 1. The van der Waals surface area contributed by atoms with Crippen LogP contribution in [0.5, 0.6) is 0 Å². The highest BCUT2D eigenvalue weighted by Gasteiger charge is 2.53. The fourth-order valence-electron chi connectivity index (χ4n) is 3.07. The Morgan fingerprint density at radius 3 is 2.83 bits per heavy atom. The van der Waals surface area contributed by atoms with Crippen LogP contribution in [0.15, 0.2) is 54.3 Å². The number of allylic oxidation sites excluding steroid dienone is 3. The fourth-order valence-corrected chi connectivity index (χ4v) is 3.07. The number of benzene rings is 1. The molecule has 0 aromatic heterocycles. The summed E-state index contributed by atoms with van der Waals surface area (Å²) in [5.74, 6) is 0.694. The molecule has 0 bridgehead atoms. The van der Waals surface area contributed by atoms with Crippen LogP contribution in [0.25, 0.3) is 0 Å². The Balaban J connectivity index is 1.47. The molecular weight excluding hydrogens is 294 g/mol. The summed E-state index contributed by atoms with van der Waals surface area (Å²) in [7, 11) is 1.36. The van der Waals surface area contributed by atoms with E-state index in [0.717, 1.165) is 17.7 Å². The van der Waals surface area contributed by atoms with E-state index in [4.69, 9.17) is 4.74 Å². The van der Waals surface area contributed by atoms with E-state index >= 15 is 0 Å². The maximum atomic E-state index is 11.9. The summed E-state index contributed by atoms with van der Waals surface area (Å²) < 4.78 is 9.81. The molecule has 0 aliphatic heterocycles. The van der Waals surface area contributed by atoms with Crippen LogP contribution < -0.4 is 5.32 Å². The highest BCUT2D eigenvalue weighted by Crippen LogP contribution is 2.57. The zero-order valence-corrected chi connectivity index (χ0v) is 12.9. The van der Waals surface area contributed by atoms with E-state index in [0.29, 0.717) is 11.8 Å². The number of ether oxygens (including phenoxy) is 2. The largest absolute Gasteiger partial charge is 0.466 e. The predicted octanol–water partition coefficient (Wildman–Crippen LogP) is 2.79. The van der Waals surface area contributed by atoms with Gasteiger partial charge in [-0.25, -0.2) is 9.59 Å². The highest BCUT2D eigenvalue weighted by molar-refractivity contribution is 5.82. The van der Waals surface area contributed by atoms with Gasteiger partial charge in [0.05, 0.1) is 7.11 Å². The number of carbonyl (C=O) groups excluding carboxylic acids is 2. The standard InChI is InChI=1S/C18H19NO4/c1-22-16(20)10-8-14-13-7-9-15(17(13)14)19-18(21)23-11-12-5-3-2-4-6-12/h2-6,8-10,13-14,17H,7,11H2,1H3,(H,19,21)/b10-8+. The van der Waals surface area contributed by atoms with Gasteiger partial charge in [-0.05, 0) is 23.8 Å². The molecule has 120 valence electrons. The lowest BCUT2D eigenvalue weighted by molar-refractivity contribution is -0.134. The topological polar surface area (TPSA) is 64.6 Å². The summed E-state index contributed by atoms with van der Waals surface area (Å²) in [4.78, 5) is 23.0. The first kappa shape index (κ1) is 15.3.